The molecule has 0 unspecified atom stereocenters. The van der Waals surface area contributed by atoms with Gasteiger partial charge in [0.25, 0.3) is 0 Å². The van der Waals surface area contributed by atoms with Gasteiger partial charge in [0.2, 0.25) is 5.91 Å². The summed E-state index contributed by atoms with van der Waals surface area (Å²) in [6, 6.07) is 8.09. The van der Waals surface area contributed by atoms with Gasteiger partial charge >= 0.3 is 0 Å². The van der Waals surface area contributed by atoms with Gasteiger partial charge in [0.15, 0.2) is 0 Å². The van der Waals surface area contributed by atoms with Crippen LogP contribution in [0, 0.1) is 5.41 Å². The Morgan fingerprint density at radius 2 is 1.95 bits per heavy atom. The number of rotatable bonds is 4. The second kappa shape index (κ2) is 6.20. The smallest absolute Gasteiger partial charge is 0.226 e. The van der Waals surface area contributed by atoms with Gasteiger partial charge in [-0.1, -0.05) is 50.5 Å². The molecule has 0 spiro atoms. The first-order chi connectivity index (χ1) is 9.14. The first kappa shape index (κ1) is 14.1. The molecular weight excluding hydrogens is 236 g/mol. The molecule has 0 aliphatic heterocycles. The molecule has 19 heavy (non-hydrogen) atoms. The second-order valence-corrected chi connectivity index (χ2v) is 5.83. The normalized spacial score (nSPS) is 18.0. The van der Waals surface area contributed by atoms with Crippen LogP contribution in [-0.2, 0) is 17.9 Å². The standard InChI is InChI=1S/C16H24N2O/c1-16(8-3-2-4-9-16)15(19)18-12-14-7-5-6-13(10-14)11-17/h5-7,10H,2-4,8-9,11-12,17H2,1H3,(H,18,19). The Morgan fingerprint density at radius 1 is 1.26 bits per heavy atom. The second-order valence-electron chi connectivity index (χ2n) is 5.83. The molecule has 0 atom stereocenters. The molecule has 2 rings (SSSR count). The van der Waals surface area contributed by atoms with Gasteiger partial charge in [0, 0.05) is 18.5 Å². The van der Waals surface area contributed by atoms with Crippen LogP contribution in [0.2, 0.25) is 0 Å². The molecule has 3 N–H and O–H groups in total. The monoisotopic (exact) mass is 260 g/mol. The lowest BCUT2D eigenvalue weighted by Gasteiger charge is -2.32. The molecule has 3 heteroatoms. The topological polar surface area (TPSA) is 55.1 Å². The van der Waals surface area contributed by atoms with Crippen molar-refractivity contribution in [1.29, 1.82) is 0 Å². The minimum absolute atomic E-state index is 0.163. The number of hydrogen-bond donors (Lipinski definition) is 2. The summed E-state index contributed by atoms with van der Waals surface area (Å²) in [5, 5.41) is 3.08. The van der Waals surface area contributed by atoms with Crippen LogP contribution in [-0.4, -0.2) is 5.91 Å². The molecule has 1 aromatic rings. The highest BCUT2D eigenvalue weighted by atomic mass is 16.2. The van der Waals surface area contributed by atoms with Gasteiger partial charge in [0.05, 0.1) is 0 Å². The number of nitrogens with two attached hydrogens (primary N) is 1. The first-order valence-corrected chi connectivity index (χ1v) is 7.20. The Kier molecular flexibility index (Phi) is 4.59. The molecule has 0 bridgehead atoms. The van der Waals surface area contributed by atoms with Crippen molar-refractivity contribution in [3.63, 3.8) is 0 Å². The lowest BCUT2D eigenvalue weighted by Crippen LogP contribution is -2.39. The molecule has 1 aromatic carbocycles. The molecule has 1 aliphatic rings. The highest BCUT2D eigenvalue weighted by Crippen LogP contribution is 2.35. The molecular formula is C16H24N2O. The SMILES string of the molecule is CC1(C(=O)NCc2cccc(CN)c2)CCCCC1. The quantitative estimate of drug-likeness (QED) is 0.874. The number of carbonyl (C=O) groups excluding carboxylic acids is 1. The maximum atomic E-state index is 12.3. The van der Waals surface area contributed by atoms with Crippen LogP contribution >= 0.6 is 0 Å². The lowest BCUT2D eigenvalue weighted by molar-refractivity contribution is -0.132. The van der Waals surface area contributed by atoms with Gasteiger partial charge in [-0.3, -0.25) is 4.79 Å². The minimum Gasteiger partial charge on any atom is -0.352 e. The van der Waals surface area contributed by atoms with E-state index < -0.39 is 0 Å². The van der Waals surface area contributed by atoms with Gasteiger partial charge in [-0.2, -0.15) is 0 Å². The molecule has 1 amide bonds. The van der Waals surface area contributed by atoms with Crippen LogP contribution in [0.1, 0.15) is 50.2 Å². The molecule has 0 saturated heterocycles. The van der Waals surface area contributed by atoms with E-state index in [4.69, 9.17) is 5.73 Å². The van der Waals surface area contributed by atoms with Crippen molar-refractivity contribution in [3.05, 3.63) is 35.4 Å². The summed E-state index contributed by atoms with van der Waals surface area (Å²) in [5.74, 6) is 0.199. The zero-order valence-corrected chi connectivity index (χ0v) is 11.7. The third-order valence-corrected chi connectivity index (χ3v) is 4.19. The molecule has 0 radical (unpaired) electrons. The molecule has 1 fully saturated rings. The third-order valence-electron chi connectivity index (χ3n) is 4.19. The number of hydrogen-bond acceptors (Lipinski definition) is 2. The van der Waals surface area contributed by atoms with Gasteiger partial charge in [-0.05, 0) is 24.0 Å². The first-order valence-electron chi connectivity index (χ1n) is 7.20. The van der Waals surface area contributed by atoms with Gasteiger partial charge in [0.1, 0.15) is 0 Å². The molecule has 1 aliphatic carbocycles. The average Bonchev–Trinajstić information content (AvgIpc) is 2.45. The molecule has 3 nitrogen and oxygen atoms in total. The van der Waals surface area contributed by atoms with Gasteiger partial charge < -0.3 is 11.1 Å². The summed E-state index contributed by atoms with van der Waals surface area (Å²) in [6.45, 7) is 3.24. The van der Waals surface area contributed by atoms with E-state index in [0.29, 0.717) is 13.1 Å². The highest BCUT2D eigenvalue weighted by Gasteiger charge is 2.34. The molecule has 0 aromatic heterocycles. The summed E-state index contributed by atoms with van der Waals surface area (Å²) in [5.41, 5.74) is 7.69. The van der Waals surface area contributed by atoms with Crippen LogP contribution in [0.25, 0.3) is 0 Å². The van der Waals surface area contributed by atoms with Crippen LogP contribution in [0.3, 0.4) is 0 Å². The fourth-order valence-corrected chi connectivity index (χ4v) is 2.82. The molecule has 104 valence electrons. The van der Waals surface area contributed by atoms with E-state index in [2.05, 4.69) is 18.3 Å². The summed E-state index contributed by atoms with van der Waals surface area (Å²) in [6.07, 6.45) is 5.64. The van der Waals surface area contributed by atoms with Crippen molar-refractivity contribution in [2.45, 2.75) is 52.1 Å². The predicted molar refractivity (Wildman–Crippen MR) is 77.4 cm³/mol. The van der Waals surface area contributed by atoms with Crippen molar-refractivity contribution in [2.75, 3.05) is 0 Å². The zero-order chi connectivity index (χ0) is 13.7. The number of benzene rings is 1. The number of nitrogens with one attached hydrogen (secondary N) is 1. The fourth-order valence-electron chi connectivity index (χ4n) is 2.82. The van der Waals surface area contributed by atoms with E-state index >= 15 is 0 Å². The van der Waals surface area contributed by atoms with E-state index in [-0.39, 0.29) is 11.3 Å². The van der Waals surface area contributed by atoms with E-state index in [1.54, 1.807) is 0 Å². The minimum atomic E-state index is -0.163. The predicted octanol–water partition coefficient (Wildman–Crippen LogP) is 2.73. The zero-order valence-electron chi connectivity index (χ0n) is 11.7. The van der Waals surface area contributed by atoms with Crippen LogP contribution in [0.5, 0.6) is 0 Å². The van der Waals surface area contributed by atoms with E-state index in [1.807, 2.05) is 18.2 Å². The van der Waals surface area contributed by atoms with E-state index in [0.717, 1.165) is 24.0 Å². The maximum absolute atomic E-state index is 12.3. The summed E-state index contributed by atoms with van der Waals surface area (Å²) < 4.78 is 0. The van der Waals surface area contributed by atoms with Gasteiger partial charge in [-0.15, -0.1) is 0 Å². The van der Waals surface area contributed by atoms with E-state index in [1.165, 1.54) is 19.3 Å². The number of amides is 1. The largest absolute Gasteiger partial charge is 0.352 e. The summed E-state index contributed by atoms with van der Waals surface area (Å²) in [7, 11) is 0. The highest BCUT2D eigenvalue weighted by molar-refractivity contribution is 5.82. The fraction of sp³-hybridized carbons (Fsp3) is 0.562. The van der Waals surface area contributed by atoms with Crippen molar-refractivity contribution in [3.8, 4) is 0 Å². The van der Waals surface area contributed by atoms with Crippen molar-refractivity contribution < 1.29 is 4.79 Å². The Morgan fingerprint density at radius 3 is 2.63 bits per heavy atom. The lowest BCUT2D eigenvalue weighted by atomic mass is 9.75. The Balaban J connectivity index is 1.92. The maximum Gasteiger partial charge on any atom is 0.226 e. The van der Waals surface area contributed by atoms with Gasteiger partial charge in [-0.25, -0.2) is 0 Å². The molecule has 1 saturated carbocycles. The van der Waals surface area contributed by atoms with Crippen molar-refractivity contribution in [2.24, 2.45) is 11.1 Å². The van der Waals surface area contributed by atoms with Crippen LogP contribution in [0.4, 0.5) is 0 Å². The van der Waals surface area contributed by atoms with Crippen LogP contribution in [0.15, 0.2) is 24.3 Å². The summed E-state index contributed by atoms with van der Waals surface area (Å²) in [4.78, 5) is 12.3. The molecule has 0 heterocycles. The average molecular weight is 260 g/mol. The number of carbonyl (C=O) groups is 1. The van der Waals surface area contributed by atoms with Crippen molar-refractivity contribution in [1.82, 2.24) is 5.32 Å². The van der Waals surface area contributed by atoms with E-state index in [9.17, 15) is 4.79 Å². The van der Waals surface area contributed by atoms with Crippen molar-refractivity contribution >= 4 is 5.91 Å². The Labute approximate surface area is 115 Å². The summed E-state index contributed by atoms with van der Waals surface area (Å²) >= 11 is 0. The third kappa shape index (κ3) is 3.57. The van der Waals surface area contributed by atoms with Crippen LogP contribution < -0.4 is 11.1 Å². The Bertz CT molecular complexity index is 436. The Hall–Kier alpha value is -1.35.